The highest BCUT2D eigenvalue weighted by molar-refractivity contribution is 5.37. The Labute approximate surface area is 126 Å². The Morgan fingerprint density at radius 2 is 2.00 bits per heavy atom. The van der Waals surface area contributed by atoms with E-state index in [4.69, 9.17) is 15.6 Å². The Bertz CT molecular complexity index is 617. The maximum Gasteiger partial charge on any atom is 0.123 e. The molecule has 1 heterocycles. The molecule has 0 radical (unpaired) electrons. The second-order valence-corrected chi connectivity index (χ2v) is 5.26. The molecule has 0 bridgehead atoms. The average molecular weight is 287 g/mol. The third kappa shape index (κ3) is 3.10. The molecule has 1 aromatic carbocycles. The standard InChI is InChI=1S/C17H25N3O/c1-5-15-14(10-18)16(6-2)20(19-15)11-13-9-12(3)7-8-17(13)21-4/h7-9H,5-6,10-11,18H2,1-4H3. The summed E-state index contributed by atoms with van der Waals surface area (Å²) in [5.41, 5.74) is 11.8. The van der Waals surface area contributed by atoms with Gasteiger partial charge in [0.1, 0.15) is 5.75 Å². The van der Waals surface area contributed by atoms with E-state index in [9.17, 15) is 0 Å². The molecule has 0 aliphatic heterocycles. The highest BCUT2D eigenvalue weighted by Gasteiger charge is 2.15. The molecule has 21 heavy (non-hydrogen) atoms. The van der Waals surface area contributed by atoms with E-state index < -0.39 is 0 Å². The van der Waals surface area contributed by atoms with Crippen LogP contribution in [-0.2, 0) is 25.9 Å². The SMILES string of the molecule is CCc1nn(Cc2cc(C)ccc2OC)c(CC)c1CN. The first-order valence-electron chi connectivity index (χ1n) is 7.55. The summed E-state index contributed by atoms with van der Waals surface area (Å²) in [5, 5.41) is 4.75. The number of aromatic nitrogens is 2. The number of hydrogen-bond acceptors (Lipinski definition) is 3. The van der Waals surface area contributed by atoms with Crippen molar-refractivity contribution in [1.82, 2.24) is 9.78 Å². The Balaban J connectivity index is 2.44. The lowest BCUT2D eigenvalue weighted by atomic mass is 10.1. The Kier molecular flexibility index (Phi) is 5.02. The van der Waals surface area contributed by atoms with Crippen molar-refractivity contribution in [2.24, 2.45) is 5.73 Å². The molecule has 1 aromatic heterocycles. The van der Waals surface area contributed by atoms with Gasteiger partial charge < -0.3 is 10.5 Å². The predicted molar refractivity (Wildman–Crippen MR) is 85.7 cm³/mol. The van der Waals surface area contributed by atoms with Gasteiger partial charge in [-0.2, -0.15) is 5.10 Å². The molecule has 0 saturated heterocycles. The van der Waals surface area contributed by atoms with Crippen LogP contribution in [0.15, 0.2) is 18.2 Å². The number of hydrogen-bond donors (Lipinski definition) is 1. The first kappa shape index (κ1) is 15.6. The van der Waals surface area contributed by atoms with Crippen LogP contribution >= 0.6 is 0 Å². The van der Waals surface area contributed by atoms with E-state index in [1.165, 1.54) is 16.8 Å². The van der Waals surface area contributed by atoms with Crippen molar-refractivity contribution >= 4 is 0 Å². The summed E-state index contributed by atoms with van der Waals surface area (Å²) in [6, 6.07) is 6.24. The molecule has 0 amide bonds. The van der Waals surface area contributed by atoms with Gasteiger partial charge in [0.05, 0.1) is 19.3 Å². The van der Waals surface area contributed by atoms with Crippen molar-refractivity contribution in [2.75, 3.05) is 7.11 Å². The number of benzene rings is 1. The zero-order chi connectivity index (χ0) is 15.4. The van der Waals surface area contributed by atoms with Crippen molar-refractivity contribution in [3.63, 3.8) is 0 Å². The van der Waals surface area contributed by atoms with Crippen LogP contribution in [0.1, 0.15) is 41.9 Å². The van der Waals surface area contributed by atoms with Crippen LogP contribution in [0.5, 0.6) is 5.75 Å². The maximum absolute atomic E-state index is 5.91. The lowest BCUT2D eigenvalue weighted by molar-refractivity contribution is 0.406. The van der Waals surface area contributed by atoms with Gasteiger partial charge in [-0.3, -0.25) is 4.68 Å². The topological polar surface area (TPSA) is 53.1 Å². The minimum atomic E-state index is 0.553. The van der Waals surface area contributed by atoms with E-state index in [2.05, 4.69) is 37.6 Å². The molecule has 0 aliphatic carbocycles. The fourth-order valence-corrected chi connectivity index (χ4v) is 2.83. The molecule has 0 saturated carbocycles. The van der Waals surface area contributed by atoms with Crippen LogP contribution in [0.2, 0.25) is 0 Å². The van der Waals surface area contributed by atoms with E-state index >= 15 is 0 Å². The molecule has 114 valence electrons. The van der Waals surface area contributed by atoms with E-state index in [0.29, 0.717) is 6.54 Å². The quantitative estimate of drug-likeness (QED) is 0.889. The van der Waals surface area contributed by atoms with Crippen molar-refractivity contribution in [3.05, 3.63) is 46.3 Å². The van der Waals surface area contributed by atoms with Crippen LogP contribution in [0.4, 0.5) is 0 Å². The van der Waals surface area contributed by atoms with Gasteiger partial charge in [0.2, 0.25) is 0 Å². The monoisotopic (exact) mass is 287 g/mol. The molecule has 2 N–H and O–H groups in total. The van der Waals surface area contributed by atoms with Gasteiger partial charge in [-0.15, -0.1) is 0 Å². The van der Waals surface area contributed by atoms with Gasteiger partial charge in [-0.1, -0.05) is 31.5 Å². The predicted octanol–water partition coefficient (Wildman–Crippen LogP) is 2.83. The van der Waals surface area contributed by atoms with E-state index in [1.54, 1.807) is 7.11 Å². The summed E-state index contributed by atoms with van der Waals surface area (Å²) in [4.78, 5) is 0. The molecular weight excluding hydrogens is 262 g/mol. The summed E-state index contributed by atoms with van der Waals surface area (Å²) >= 11 is 0. The lowest BCUT2D eigenvalue weighted by Crippen LogP contribution is -2.09. The summed E-state index contributed by atoms with van der Waals surface area (Å²) in [6.45, 7) is 7.64. The number of nitrogens with two attached hydrogens (primary N) is 1. The fourth-order valence-electron chi connectivity index (χ4n) is 2.83. The molecule has 0 atom stereocenters. The van der Waals surface area contributed by atoms with Crippen LogP contribution in [-0.4, -0.2) is 16.9 Å². The number of rotatable bonds is 6. The first-order valence-corrected chi connectivity index (χ1v) is 7.55. The number of ether oxygens (including phenoxy) is 1. The fraction of sp³-hybridized carbons (Fsp3) is 0.471. The van der Waals surface area contributed by atoms with Crippen LogP contribution < -0.4 is 10.5 Å². The Morgan fingerprint density at radius 3 is 2.57 bits per heavy atom. The molecule has 2 rings (SSSR count). The van der Waals surface area contributed by atoms with Gasteiger partial charge in [-0.25, -0.2) is 0 Å². The average Bonchev–Trinajstić information content (AvgIpc) is 2.84. The first-order chi connectivity index (χ1) is 10.1. The van der Waals surface area contributed by atoms with Gasteiger partial charge in [0, 0.05) is 23.4 Å². The minimum absolute atomic E-state index is 0.553. The molecule has 0 aliphatic rings. The van der Waals surface area contributed by atoms with Crippen LogP contribution in [0.25, 0.3) is 0 Å². The Morgan fingerprint density at radius 1 is 1.24 bits per heavy atom. The van der Waals surface area contributed by atoms with E-state index in [-0.39, 0.29) is 0 Å². The highest BCUT2D eigenvalue weighted by Crippen LogP contribution is 2.23. The second-order valence-electron chi connectivity index (χ2n) is 5.26. The molecule has 0 spiro atoms. The lowest BCUT2D eigenvalue weighted by Gasteiger charge is -2.12. The molecule has 4 nitrogen and oxygen atoms in total. The summed E-state index contributed by atoms with van der Waals surface area (Å²) in [5.74, 6) is 0.908. The van der Waals surface area contributed by atoms with Crippen LogP contribution in [0.3, 0.4) is 0 Å². The normalized spacial score (nSPS) is 10.9. The minimum Gasteiger partial charge on any atom is -0.496 e. The summed E-state index contributed by atoms with van der Waals surface area (Å²) in [7, 11) is 1.71. The molecular formula is C17H25N3O. The molecule has 0 unspecified atom stereocenters. The third-order valence-electron chi connectivity index (χ3n) is 3.88. The van der Waals surface area contributed by atoms with Gasteiger partial charge >= 0.3 is 0 Å². The molecule has 2 aromatic rings. The van der Waals surface area contributed by atoms with E-state index in [1.807, 2.05) is 6.07 Å². The highest BCUT2D eigenvalue weighted by atomic mass is 16.5. The van der Waals surface area contributed by atoms with Crippen molar-refractivity contribution < 1.29 is 4.74 Å². The van der Waals surface area contributed by atoms with Crippen molar-refractivity contribution in [1.29, 1.82) is 0 Å². The largest absolute Gasteiger partial charge is 0.496 e. The zero-order valence-corrected chi connectivity index (χ0v) is 13.4. The van der Waals surface area contributed by atoms with Gasteiger partial charge in [-0.05, 0) is 25.8 Å². The summed E-state index contributed by atoms with van der Waals surface area (Å²) < 4.78 is 7.55. The zero-order valence-electron chi connectivity index (χ0n) is 13.4. The Hall–Kier alpha value is -1.81. The number of nitrogens with zero attached hydrogens (tertiary/aromatic N) is 2. The van der Waals surface area contributed by atoms with E-state index in [0.717, 1.165) is 36.4 Å². The van der Waals surface area contributed by atoms with Crippen LogP contribution in [0, 0.1) is 6.92 Å². The third-order valence-corrected chi connectivity index (χ3v) is 3.88. The number of aryl methyl sites for hydroxylation is 2. The number of methoxy groups -OCH3 is 1. The van der Waals surface area contributed by atoms with Crippen molar-refractivity contribution in [2.45, 2.75) is 46.7 Å². The second kappa shape index (κ2) is 6.76. The maximum atomic E-state index is 5.91. The smallest absolute Gasteiger partial charge is 0.123 e. The van der Waals surface area contributed by atoms with Gasteiger partial charge in [0.25, 0.3) is 0 Å². The summed E-state index contributed by atoms with van der Waals surface area (Å²) in [6.07, 6.45) is 1.85. The molecule has 4 heteroatoms. The van der Waals surface area contributed by atoms with Crippen molar-refractivity contribution in [3.8, 4) is 5.75 Å². The molecule has 0 fully saturated rings. The van der Waals surface area contributed by atoms with Gasteiger partial charge in [0.15, 0.2) is 0 Å².